The van der Waals surface area contributed by atoms with Crippen molar-refractivity contribution >= 4 is 28.7 Å². The van der Waals surface area contributed by atoms with Crippen molar-refractivity contribution in [2.24, 2.45) is 5.92 Å². The number of hydrogen-bond donors (Lipinski definition) is 1. The second-order valence-electron chi connectivity index (χ2n) is 9.73. The topological polar surface area (TPSA) is 102 Å². The molecule has 1 N–H and O–H groups in total. The molecule has 1 amide bonds. The molecule has 0 radical (unpaired) electrons. The number of benzene rings is 1. The summed E-state index contributed by atoms with van der Waals surface area (Å²) >= 11 is 0. The van der Waals surface area contributed by atoms with Gasteiger partial charge in [-0.1, -0.05) is 0 Å². The Bertz CT molecular complexity index is 1290. The van der Waals surface area contributed by atoms with Gasteiger partial charge in [0.05, 0.1) is 23.0 Å². The molecule has 0 aliphatic carbocycles. The summed E-state index contributed by atoms with van der Waals surface area (Å²) < 4.78 is 20.8. The van der Waals surface area contributed by atoms with Gasteiger partial charge in [-0.25, -0.2) is 14.0 Å². The van der Waals surface area contributed by atoms with Crippen LogP contribution >= 0.6 is 0 Å². The number of carbonyl (C=O) groups is 3. The first-order valence-electron chi connectivity index (χ1n) is 11.6. The van der Waals surface area contributed by atoms with Crippen LogP contribution < -0.4 is 0 Å². The van der Waals surface area contributed by atoms with Gasteiger partial charge in [0.25, 0.3) is 0 Å². The van der Waals surface area contributed by atoms with Crippen LogP contribution in [0, 0.1) is 11.7 Å². The monoisotopic (exact) mass is 481 g/mol. The molecule has 8 nitrogen and oxygen atoms in total. The van der Waals surface area contributed by atoms with E-state index in [1.807, 2.05) is 20.8 Å². The maximum atomic E-state index is 13.8. The second-order valence-corrected chi connectivity index (χ2v) is 9.73. The van der Waals surface area contributed by atoms with Gasteiger partial charge in [-0.15, -0.1) is 0 Å². The van der Waals surface area contributed by atoms with E-state index in [-0.39, 0.29) is 29.0 Å². The molecule has 1 unspecified atom stereocenters. The van der Waals surface area contributed by atoms with Gasteiger partial charge in [0.15, 0.2) is 5.78 Å². The lowest BCUT2D eigenvalue weighted by atomic mass is 9.91. The van der Waals surface area contributed by atoms with Crippen molar-refractivity contribution in [1.29, 1.82) is 0 Å². The van der Waals surface area contributed by atoms with E-state index in [9.17, 15) is 23.9 Å². The number of carbonyl (C=O) groups excluding carboxylic acids is 2. The maximum absolute atomic E-state index is 13.8. The van der Waals surface area contributed by atoms with E-state index >= 15 is 0 Å². The van der Waals surface area contributed by atoms with Crippen LogP contribution in [0.2, 0.25) is 0 Å². The van der Waals surface area contributed by atoms with Crippen LogP contribution in [0.4, 0.5) is 9.18 Å². The van der Waals surface area contributed by atoms with E-state index in [1.54, 1.807) is 34.1 Å². The number of aromatic carboxylic acids is 1. The van der Waals surface area contributed by atoms with Crippen molar-refractivity contribution in [3.05, 3.63) is 59.8 Å². The predicted molar refractivity (Wildman–Crippen MR) is 127 cm³/mol. The molecule has 1 aromatic carbocycles. The number of Topliss-reactive ketones (excluding diaryl/α,β-unsaturated/α-hetero) is 1. The molecule has 0 spiro atoms. The Morgan fingerprint density at radius 1 is 1.11 bits per heavy atom. The van der Waals surface area contributed by atoms with Gasteiger partial charge in [0.2, 0.25) is 0 Å². The first kappa shape index (κ1) is 24.4. The highest BCUT2D eigenvalue weighted by Gasteiger charge is 2.30. The number of pyridine rings is 1. The van der Waals surface area contributed by atoms with Crippen molar-refractivity contribution in [3.8, 4) is 5.69 Å². The fraction of sp³-hybridized carbons (Fsp3) is 0.385. The first-order chi connectivity index (χ1) is 16.5. The minimum atomic E-state index is -1.27. The number of ketones is 1. The van der Waals surface area contributed by atoms with Crippen LogP contribution in [0.3, 0.4) is 0 Å². The largest absolute Gasteiger partial charge is 0.478 e. The fourth-order valence-corrected chi connectivity index (χ4v) is 4.45. The molecule has 3 aromatic rings. The standard InChI is InChI=1S/C26H28FN3O5/c1-26(2,3)35-25(34)29-11-4-5-16(9-12-29)23(31)20-15-30(22-14-28-10-8-18(20)22)21-7-6-17(27)13-19(21)24(32)33/h6-8,10,13-16H,4-5,9,11-12H2,1-3H3,(H,32,33). The normalized spacial score (nSPS) is 16.7. The zero-order valence-corrected chi connectivity index (χ0v) is 20.0. The number of ether oxygens (including phenoxy) is 1. The summed E-state index contributed by atoms with van der Waals surface area (Å²) in [6, 6.07) is 5.23. The molecule has 1 atom stereocenters. The molecule has 0 saturated carbocycles. The summed E-state index contributed by atoms with van der Waals surface area (Å²) in [5.74, 6) is -2.32. The predicted octanol–water partition coefficient (Wildman–Crippen LogP) is 5.08. The van der Waals surface area contributed by atoms with Gasteiger partial charge in [-0.05, 0) is 64.3 Å². The molecule has 3 heterocycles. The number of aromatic nitrogens is 2. The quantitative estimate of drug-likeness (QED) is 0.521. The number of carboxylic acid groups (broad SMARTS) is 1. The first-order valence-corrected chi connectivity index (χ1v) is 11.6. The van der Waals surface area contributed by atoms with E-state index < -0.39 is 17.4 Å². The summed E-state index contributed by atoms with van der Waals surface area (Å²) in [5.41, 5.74) is 0.428. The third-order valence-electron chi connectivity index (χ3n) is 6.07. The molecule has 1 aliphatic rings. The van der Waals surface area contributed by atoms with Crippen molar-refractivity contribution in [2.45, 2.75) is 45.6 Å². The van der Waals surface area contributed by atoms with Crippen LogP contribution in [-0.4, -0.2) is 56.1 Å². The Morgan fingerprint density at radius 3 is 2.60 bits per heavy atom. The van der Waals surface area contributed by atoms with E-state index in [0.29, 0.717) is 48.8 Å². The third kappa shape index (κ3) is 5.18. The Hall–Kier alpha value is -3.75. The Labute approximate surface area is 202 Å². The Balaban J connectivity index is 1.65. The number of rotatable bonds is 4. The lowest BCUT2D eigenvalue weighted by Gasteiger charge is -2.26. The molecule has 1 saturated heterocycles. The smallest absolute Gasteiger partial charge is 0.410 e. The molecular formula is C26H28FN3O5. The molecule has 184 valence electrons. The summed E-state index contributed by atoms with van der Waals surface area (Å²) in [5, 5.41) is 10.2. The van der Waals surface area contributed by atoms with Crippen LogP contribution in [0.1, 0.15) is 60.7 Å². The number of amides is 1. The summed E-state index contributed by atoms with van der Waals surface area (Å²) in [6.45, 7) is 6.37. The van der Waals surface area contributed by atoms with Crippen LogP contribution in [-0.2, 0) is 4.74 Å². The molecule has 4 rings (SSSR count). The molecule has 9 heteroatoms. The molecule has 0 bridgehead atoms. The highest BCUT2D eigenvalue weighted by atomic mass is 19.1. The minimum Gasteiger partial charge on any atom is -0.478 e. The average molecular weight is 482 g/mol. The lowest BCUT2D eigenvalue weighted by Crippen LogP contribution is -2.37. The van der Waals surface area contributed by atoms with Crippen molar-refractivity contribution < 1.29 is 28.6 Å². The van der Waals surface area contributed by atoms with Gasteiger partial charge in [-0.3, -0.25) is 9.78 Å². The summed E-state index contributed by atoms with van der Waals surface area (Å²) in [4.78, 5) is 43.7. The average Bonchev–Trinajstić information content (AvgIpc) is 2.99. The SMILES string of the molecule is CC(C)(C)OC(=O)N1CCCC(C(=O)c2cn(-c3ccc(F)cc3C(=O)O)c3cnccc23)CC1. The second kappa shape index (κ2) is 9.48. The van der Waals surface area contributed by atoms with Gasteiger partial charge >= 0.3 is 12.1 Å². The molecule has 2 aromatic heterocycles. The van der Waals surface area contributed by atoms with Gasteiger partial charge in [0, 0.05) is 42.4 Å². The summed E-state index contributed by atoms with van der Waals surface area (Å²) in [7, 11) is 0. The number of fused-ring (bicyclic) bond motifs is 1. The van der Waals surface area contributed by atoms with Crippen molar-refractivity contribution in [3.63, 3.8) is 0 Å². The molecule has 1 aliphatic heterocycles. The Kier molecular flexibility index (Phi) is 6.60. The summed E-state index contributed by atoms with van der Waals surface area (Å²) in [6.07, 6.45) is 6.12. The zero-order chi connectivity index (χ0) is 25.3. The number of nitrogens with zero attached hydrogens (tertiary/aromatic N) is 3. The molecule has 1 fully saturated rings. The zero-order valence-electron chi connectivity index (χ0n) is 20.0. The van der Waals surface area contributed by atoms with E-state index in [1.165, 1.54) is 12.1 Å². The highest BCUT2D eigenvalue weighted by molar-refractivity contribution is 6.09. The number of likely N-dealkylation sites (tertiary alicyclic amines) is 1. The van der Waals surface area contributed by atoms with Crippen molar-refractivity contribution in [1.82, 2.24) is 14.5 Å². The molecular weight excluding hydrogens is 453 g/mol. The van der Waals surface area contributed by atoms with E-state index in [4.69, 9.17) is 4.74 Å². The number of halogens is 1. The van der Waals surface area contributed by atoms with E-state index in [0.717, 1.165) is 6.07 Å². The van der Waals surface area contributed by atoms with Crippen LogP contribution in [0.25, 0.3) is 16.6 Å². The van der Waals surface area contributed by atoms with Crippen LogP contribution in [0.15, 0.2) is 42.9 Å². The van der Waals surface area contributed by atoms with E-state index in [2.05, 4.69) is 4.98 Å². The maximum Gasteiger partial charge on any atom is 0.410 e. The third-order valence-corrected chi connectivity index (χ3v) is 6.07. The van der Waals surface area contributed by atoms with Crippen LogP contribution in [0.5, 0.6) is 0 Å². The molecule has 35 heavy (non-hydrogen) atoms. The fourth-order valence-electron chi connectivity index (χ4n) is 4.45. The van der Waals surface area contributed by atoms with Gasteiger partial charge in [-0.2, -0.15) is 0 Å². The number of hydrogen-bond acceptors (Lipinski definition) is 5. The highest BCUT2D eigenvalue weighted by Crippen LogP contribution is 2.31. The minimum absolute atomic E-state index is 0.0787. The van der Waals surface area contributed by atoms with Gasteiger partial charge < -0.3 is 19.3 Å². The van der Waals surface area contributed by atoms with Gasteiger partial charge in [0.1, 0.15) is 11.4 Å². The Morgan fingerprint density at radius 2 is 1.89 bits per heavy atom. The van der Waals surface area contributed by atoms with Crippen molar-refractivity contribution in [2.75, 3.05) is 13.1 Å². The lowest BCUT2D eigenvalue weighted by molar-refractivity contribution is 0.0254. The number of carboxylic acids is 1.